The van der Waals surface area contributed by atoms with E-state index in [-0.39, 0.29) is 11.8 Å². The van der Waals surface area contributed by atoms with E-state index in [0.29, 0.717) is 25.9 Å². The summed E-state index contributed by atoms with van der Waals surface area (Å²) in [4.78, 5) is 27.7. The molecule has 2 amide bonds. The van der Waals surface area contributed by atoms with Crippen LogP contribution in [0.5, 0.6) is 0 Å². The van der Waals surface area contributed by atoms with Gasteiger partial charge in [0.2, 0.25) is 11.8 Å². The Morgan fingerprint density at radius 1 is 1.00 bits per heavy atom. The van der Waals surface area contributed by atoms with E-state index in [1.165, 1.54) is 0 Å². The molecule has 0 fully saturated rings. The highest BCUT2D eigenvalue weighted by atomic mass is 79.9. The molecule has 1 N–H and O–H groups in total. The summed E-state index contributed by atoms with van der Waals surface area (Å²) in [6.07, 6.45) is 2.54. The van der Waals surface area contributed by atoms with Crippen molar-refractivity contribution in [2.24, 2.45) is 0 Å². The molecule has 0 bridgehead atoms. The molecule has 0 aliphatic carbocycles. The number of nitrogens with zero attached hydrogens (tertiary/aromatic N) is 1. The van der Waals surface area contributed by atoms with E-state index in [0.717, 1.165) is 28.4 Å². The van der Waals surface area contributed by atoms with Crippen LogP contribution >= 0.6 is 15.9 Å². The zero-order valence-corrected chi connectivity index (χ0v) is 18.2. The molecule has 2 aromatic carbocycles. The molecule has 0 aliphatic heterocycles. The number of hydrogen-bond donors (Lipinski definition) is 1. The van der Waals surface area contributed by atoms with Gasteiger partial charge in [-0.15, -0.1) is 0 Å². The van der Waals surface area contributed by atoms with Crippen molar-refractivity contribution < 1.29 is 9.59 Å². The summed E-state index contributed by atoms with van der Waals surface area (Å²) < 4.78 is 0.961. The van der Waals surface area contributed by atoms with E-state index in [1.807, 2.05) is 68.4 Å². The highest BCUT2D eigenvalue weighted by Crippen LogP contribution is 2.18. The Labute approximate surface area is 176 Å². The predicted octanol–water partition coefficient (Wildman–Crippen LogP) is 4.72. The van der Waals surface area contributed by atoms with Crippen molar-refractivity contribution in [3.05, 3.63) is 70.2 Å². The SMILES string of the molecule is CCCNC(=O)[C@H](Cc1ccccc1)N(Cc1cccc(Br)c1)C(=O)CCC. The van der Waals surface area contributed by atoms with Crippen molar-refractivity contribution in [1.29, 1.82) is 0 Å². The third kappa shape index (κ3) is 6.79. The maximum Gasteiger partial charge on any atom is 0.243 e. The highest BCUT2D eigenvalue weighted by Gasteiger charge is 2.29. The lowest BCUT2D eigenvalue weighted by molar-refractivity contribution is -0.141. The van der Waals surface area contributed by atoms with Gasteiger partial charge >= 0.3 is 0 Å². The van der Waals surface area contributed by atoms with Crippen LogP contribution in [0, 0.1) is 0 Å². The minimum atomic E-state index is -0.535. The summed E-state index contributed by atoms with van der Waals surface area (Å²) in [5.41, 5.74) is 2.04. The first-order chi connectivity index (χ1) is 13.5. The molecule has 28 heavy (non-hydrogen) atoms. The van der Waals surface area contributed by atoms with Crippen molar-refractivity contribution in [3.63, 3.8) is 0 Å². The fraction of sp³-hybridized carbons (Fsp3) is 0.391. The van der Waals surface area contributed by atoms with E-state index in [4.69, 9.17) is 0 Å². The number of hydrogen-bond acceptors (Lipinski definition) is 2. The Balaban J connectivity index is 2.34. The molecule has 0 saturated carbocycles. The summed E-state index contributed by atoms with van der Waals surface area (Å²) >= 11 is 3.49. The van der Waals surface area contributed by atoms with Crippen molar-refractivity contribution in [2.75, 3.05) is 6.54 Å². The molecule has 0 saturated heterocycles. The van der Waals surface area contributed by atoms with Crippen molar-refractivity contribution in [3.8, 4) is 0 Å². The monoisotopic (exact) mass is 444 g/mol. The van der Waals surface area contributed by atoms with E-state index in [9.17, 15) is 9.59 Å². The fourth-order valence-electron chi connectivity index (χ4n) is 3.11. The Morgan fingerprint density at radius 3 is 2.36 bits per heavy atom. The van der Waals surface area contributed by atoms with E-state index < -0.39 is 6.04 Å². The number of halogens is 1. The van der Waals surface area contributed by atoms with Gasteiger partial charge in [0.15, 0.2) is 0 Å². The zero-order valence-electron chi connectivity index (χ0n) is 16.7. The van der Waals surface area contributed by atoms with E-state index in [2.05, 4.69) is 21.2 Å². The van der Waals surface area contributed by atoms with Gasteiger partial charge < -0.3 is 10.2 Å². The van der Waals surface area contributed by atoms with Crippen LogP contribution in [0.1, 0.15) is 44.2 Å². The summed E-state index contributed by atoms with van der Waals surface area (Å²) in [6.45, 7) is 5.03. The lowest BCUT2D eigenvalue weighted by atomic mass is 10.0. The first-order valence-corrected chi connectivity index (χ1v) is 10.7. The number of nitrogens with one attached hydrogen (secondary N) is 1. The number of rotatable bonds is 10. The van der Waals surface area contributed by atoms with Crippen molar-refractivity contribution in [2.45, 2.75) is 52.1 Å². The average Bonchev–Trinajstić information content (AvgIpc) is 2.69. The van der Waals surface area contributed by atoms with Gasteiger partial charge in [-0.2, -0.15) is 0 Å². The van der Waals surface area contributed by atoms with Gasteiger partial charge in [-0.1, -0.05) is 72.2 Å². The van der Waals surface area contributed by atoms with E-state index in [1.54, 1.807) is 4.90 Å². The second kappa shape index (κ2) is 11.6. The maximum absolute atomic E-state index is 13.0. The molecule has 1 atom stereocenters. The molecular weight excluding hydrogens is 416 g/mol. The van der Waals surface area contributed by atoms with Gasteiger partial charge in [-0.25, -0.2) is 0 Å². The Kier molecular flexibility index (Phi) is 9.21. The average molecular weight is 445 g/mol. The Bertz CT molecular complexity index is 764. The minimum Gasteiger partial charge on any atom is -0.354 e. The summed E-state index contributed by atoms with van der Waals surface area (Å²) in [5, 5.41) is 2.99. The van der Waals surface area contributed by atoms with Gasteiger partial charge in [-0.05, 0) is 36.1 Å². The molecule has 5 heteroatoms. The molecule has 4 nitrogen and oxygen atoms in total. The standard InChI is InChI=1S/C23H29BrN2O2/c1-3-9-22(27)26(17-19-12-8-13-20(24)15-19)21(23(28)25-14-4-2)16-18-10-6-5-7-11-18/h5-8,10-13,15,21H,3-4,9,14,16-17H2,1-2H3,(H,25,28)/t21-/m0/s1. The van der Waals surface area contributed by atoms with Crippen molar-refractivity contribution >= 4 is 27.7 Å². The molecule has 0 aromatic heterocycles. The van der Waals surface area contributed by atoms with Crippen LogP contribution in [0.3, 0.4) is 0 Å². The number of benzene rings is 2. The topological polar surface area (TPSA) is 49.4 Å². The zero-order chi connectivity index (χ0) is 20.4. The number of amides is 2. The van der Waals surface area contributed by atoms with Gasteiger partial charge in [0.05, 0.1) is 0 Å². The third-order valence-corrected chi connectivity index (χ3v) is 5.02. The minimum absolute atomic E-state index is 0.00931. The van der Waals surface area contributed by atoms with Crippen LogP contribution < -0.4 is 5.32 Å². The fourth-order valence-corrected chi connectivity index (χ4v) is 3.56. The van der Waals surface area contributed by atoms with Crippen LogP contribution in [0.25, 0.3) is 0 Å². The number of carbonyl (C=O) groups is 2. The first kappa shape index (κ1) is 22.2. The largest absolute Gasteiger partial charge is 0.354 e. The summed E-state index contributed by atoms with van der Waals surface area (Å²) in [7, 11) is 0. The van der Waals surface area contributed by atoms with Crippen molar-refractivity contribution in [1.82, 2.24) is 10.2 Å². The summed E-state index contributed by atoms with van der Waals surface area (Å²) in [6, 6.07) is 17.2. The van der Waals surface area contributed by atoms with E-state index >= 15 is 0 Å². The molecule has 0 radical (unpaired) electrons. The van der Waals surface area contributed by atoms with Crippen LogP contribution in [0.4, 0.5) is 0 Å². The summed E-state index contributed by atoms with van der Waals surface area (Å²) in [5.74, 6) is -0.0831. The molecule has 0 spiro atoms. The lowest BCUT2D eigenvalue weighted by Gasteiger charge is -2.31. The van der Waals surface area contributed by atoms with Crippen LogP contribution in [0.15, 0.2) is 59.1 Å². The Morgan fingerprint density at radius 2 is 1.71 bits per heavy atom. The Hall–Kier alpha value is -2.14. The quantitative estimate of drug-likeness (QED) is 0.576. The molecule has 0 unspecified atom stereocenters. The lowest BCUT2D eigenvalue weighted by Crippen LogP contribution is -2.50. The number of carbonyl (C=O) groups excluding carboxylic acids is 2. The second-order valence-electron chi connectivity index (χ2n) is 6.90. The van der Waals surface area contributed by atoms with Crippen LogP contribution in [-0.4, -0.2) is 29.3 Å². The molecular formula is C23H29BrN2O2. The molecule has 0 aliphatic rings. The van der Waals surface area contributed by atoms with Crippen LogP contribution in [0.2, 0.25) is 0 Å². The third-order valence-electron chi connectivity index (χ3n) is 4.53. The second-order valence-corrected chi connectivity index (χ2v) is 7.81. The van der Waals surface area contributed by atoms with Gasteiger partial charge in [0.25, 0.3) is 0 Å². The normalized spacial score (nSPS) is 11.7. The molecule has 150 valence electrons. The molecule has 0 heterocycles. The van der Waals surface area contributed by atoms with Gasteiger partial charge in [0.1, 0.15) is 6.04 Å². The highest BCUT2D eigenvalue weighted by molar-refractivity contribution is 9.10. The smallest absolute Gasteiger partial charge is 0.243 e. The predicted molar refractivity (Wildman–Crippen MR) is 117 cm³/mol. The molecule has 2 aromatic rings. The maximum atomic E-state index is 13.0. The molecule has 2 rings (SSSR count). The first-order valence-electron chi connectivity index (χ1n) is 9.90. The van der Waals surface area contributed by atoms with Crippen LogP contribution in [-0.2, 0) is 22.6 Å². The van der Waals surface area contributed by atoms with Gasteiger partial charge in [0, 0.05) is 30.4 Å². The van der Waals surface area contributed by atoms with Gasteiger partial charge in [-0.3, -0.25) is 9.59 Å².